The van der Waals surface area contributed by atoms with Crippen molar-refractivity contribution in [2.45, 2.75) is 6.92 Å². The van der Waals surface area contributed by atoms with E-state index in [2.05, 4.69) is 4.98 Å². The Labute approximate surface area is 166 Å². The van der Waals surface area contributed by atoms with E-state index in [1.807, 2.05) is 19.1 Å². The summed E-state index contributed by atoms with van der Waals surface area (Å²) in [5.74, 6) is 0.0599. The lowest BCUT2D eigenvalue weighted by Crippen LogP contribution is -2.23. The van der Waals surface area contributed by atoms with Gasteiger partial charge in [-0.15, -0.1) is 0 Å². The molecule has 5 heteroatoms. The number of para-hydroxylation sites is 1. The molecule has 4 aromatic rings. The van der Waals surface area contributed by atoms with Crippen LogP contribution in [0.4, 0.5) is 4.39 Å². The molecule has 0 atom stereocenters. The fourth-order valence-corrected chi connectivity index (χ4v) is 3.26. The smallest absolute Gasteiger partial charge is 0.266 e. The van der Waals surface area contributed by atoms with Crippen LogP contribution in [0.2, 0.25) is 5.02 Å². The highest BCUT2D eigenvalue weighted by Crippen LogP contribution is 2.22. The molecule has 0 aliphatic heterocycles. The maximum atomic E-state index is 14.0. The summed E-state index contributed by atoms with van der Waals surface area (Å²) in [5, 5.41) is 1.02. The van der Waals surface area contributed by atoms with Gasteiger partial charge in [0.2, 0.25) is 0 Å². The van der Waals surface area contributed by atoms with Crippen molar-refractivity contribution in [3.05, 3.63) is 105 Å². The lowest BCUT2D eigenvalue weighted by Gasteiger charge is -2.14. The van der Waals surface area contributed by atoms with Crippen LogP contribution < -0.4 is 5.56 Å². The lowest BCUT2D eigenvalue weighted by atomic mass is 10.1. The van der Waals surface area contributed by atoms with Gasteiger partial charge in [0.15, 0.2) is 0 Å². The Kier molecular flexibility index (Phi) is 4.80. The standard InChI is InChI=1S/C23H16ClFN2O/c1-15-10-12-17(24)14-21(15)27-22(13-11-16-6-2-4-8-19(16)25)26-20-9-5-3-7-18(20)23(27)28/h2-14H,1H3/b13-11-. The minimum atomic E-state index is -0.340. The maximum Gasteiger partial charge on any atom is 0.266 e. The Morgan fingerprint density at radius 2 is 1.75 bits per heavy atom. The van der Waals surface area contributed by atoms with E-state index in [4.69, 9.17) is 11.6 Å². The molecule has 0 fully saturated rings. The number of benzene rings is 3. The van der Waals surface area contributed by atoms with E-state index in [1.165, 1.54) is 10.6 Å². The molecule has 3 nitrogen and oxygen atoms in total. The second kappa shape index (κ2) is 7.41. The molecule has 0 N–H and O–H groups in total. The third kappa shape index (κ3) is 3.35. The molecule has 0 aliphatic carbocycles. The van der Waals surface area contributed by atoms with E-state index < -0.39 is 0 Å². The average Bonchev–Trinajstić information content (AvgIpc) is 2.70. The van der Waals surface area contributed by atoms with E-state index in [0.29, 0.717) is 33.0 Å². The predicted molar refractivity (Wildman–Crippen MR) is 112 cm³/mol. The van der Waals surface area contributed by atoms with Gasteiger partial charge in [-0.3, -0.25) is 9.36 Å². The molecular formula is C23H16ClFN2O. The van der Waals surface area contributed by atoms with Gasteiger partial charge in [0.25, 0.3) is 5.56 Å². The Hall–Kier alpha value is -3.24. The second-order valence-corrected chi connectivity index (χ2v) is 6.85. The molecule has 0 amide bonds. The van der Waals surface area contributed by atoms with Crippen molar-refractivity contribution in [1.29, 1.82) is 0 Å². The number of hydrogen-bond acceptors (Lipinski definition) is 2. The Balaban J connectivity index is 2.00. The SMILES string of the molecule is Cc1ccc(Cl)cc1-n1c(/C=C\c2ccccc2F)nc2ccccc2c1=O. The molecule has 0 aliphatic rings. The van der Waals surface area contributed by atoms with Crippen molar-refractivity contribution in [2.24, 2.45) is 0 Å². The van der Waals surface area contributed by atoms with E-state index in [0.717, 1.165) is 5.56 Å². The van der Waals surface area contributed by atoms with Gasteiger partial charge in [0, 0.05) is 10.6 Å². The lowest BCUT2D eigenvalue weighted by molar-refractivity contribution is 0.625. The Bertz CT molecular complexity index is 1280. The molecule has 4 rings (SSSR count). The van der Waals surface area contributed by atoms with Crippen LogP contribution in [-0.4, -0.2) is 9.55 Å². The minimum absolute atomic E-state index is 0.204. The summed E-state index contributed by atoms with van der Waals surface area (Å²) in [6.45, 7) is 1.90. The zero-order chi connectivity index (χ0) is 19.7. The first-order valence-electron chi connectivity index (χ1n) is 8.75. The van der Waals surface area contributed by atoms with Crippen LogP contribution in [0, 0.1) is 12.7 Å². The first-order valence-corrected chi connectivity index (χ1v) is 9.13. The van der Waals surface area contributed by atoms with Crippen LogP contribution in [0.15, 0.2) is 71.5 Å². The summed E-state index contributed by atoms with van der Waals surface area (Å²) < 4.78 is 15.5. The van der Waals surface area contributed by atoms with Crippen molar-refractivity contribution in [3.8, 4) is 5.69 Å². The number of hydrogen-bond donors (Lipinski definition) is 0. The van der Waals surface area contributed by atoms with Gasteiger partial charge < -0.3 is 0 Å². The zero-order valence-corrected chi connectivity index (χ0v) is 15.8. The van der Waals surface area contributed by atoms with Gasteiger partial charge in [-0.2, -0.15) is 0 Å². The molecular weight excluding hydrogens is 375 g/mol. The molecule has 0 bridgehead atoms. The highest BCUT2D eigenvalue weighted by Gasteiger charge is 2.13. The summed E-state index contributed by atoms with van der Waals surface area (Å²) in [5.41, 5.74) is 2.31. The number of halogens is 2. The van der Waals surface area contributed by atoms with Gasteiger partial charge in [0.05, 0.1) is 16.6 Å². The van der Waals surface area contributed by atoms with Crippen molar-refractivity contribution in [2.75, 3.05) is 0 Å². The van der Waals surface area contributed by atoms with Gasteiger partial charge >= 0.3 is 0 Å². The van der Waals surface area contributed by atoms with Crippen molar-refractivity contribution >= 4 is 34.7 Å². The molecule has 138 valence electrons. The van der Waals surface area contributed by atoms with Crippen LogP contribution in [-0.2, 0) is 0 Å². The Morgan fingerprint density at radius 3 is 2.57 bits per heavy atom. The van der Waals surface area contributed by atoms with Crippen LogP contribution >= 0.6 is 11.6 Å². The predicted octanol–water partition coefficient (Wildman–Crippen LogP) is 5.66. The molecule has 0 saturated carbocycles. The highest BCUT2D eigenvalue weighted by molar-refractivity contribution is 6.30. The van der Waals surface area contributed by atoms with E-state index >= 15 is 0 Å². The first kappa shape index (κ1) is 18.1. The third-order valence-electron chi connectivity index (χ3n) is 4.53. The van der Waals surface area contributed by atoms with Crippen molar-refractivity contribution in [3.63, 3.8) is 0 Å². The number of aryl methyl sites for hydroxylation is 1. The van der Waals surface area contributed by atoms with Gasteiger partial charge in [-0.25, -0.2) is 9.37 Å². The zero-order valence-electron chi connectivity index (χ0n) is 15.1. The van der Waals surface area contributed by atoms with Crippen molar-refractivity contribution in [1.82, 2.24) is 9.55 Å². The largest absolute Gasteiger partial charge is 0.268 e. The van der Waals surface area contributed by atoms with Gasteiger partial charge in [-0.1, -0.05) is 48.0 Å². The molecule has 0 radical (unpaired) electrons. The van der Waals surface area contributed by atoms with Crippen LogP contribution in [0.25, 0.3) is 28.7 Å². The molecule has 3 aromatic carbocycles. The number of fused-ring (bicyclic) bond motifs is 1. The summed E-state index contributed by atoms with van der Waals surface area (Å²) in [6.07, 6.45) is 3.26. The summed E-state index contributed by atoms with van der Waals surface area (Å²) >= 11 is 6.18. The molecule has 0 unspecified atom stereocenters. The summed E-state index contributed by atoms with van der Waals surface area (Å²) in [4.78, 5) is 17.9. The second-order valence-electron chi connectivity index (χ2n) is 6.41. The van der Waals surface area contributed by atoms with Gasteiger partial charge in [0.1, 0.15) is 11.6 Å². The normalized spacial score (nSPS) is 11.4. The topological polar surface area (TPSA) is 34.9 Å². The fourth-order valence-electron chi connectivity index (χ4n) is 3.09. The number of aromatic nitrogens is 2. The van der Waals surface area contributed by atoms with Crippen molar-refractivity contribution < 1.29 is 4.39 Å². The number of nitrogens with zero attached hydrogens (tertiary/aromatic N) is 2. The first-order chi connectivity index (χ1) is 13.5. The quantitative estimate of drug-likeness (QED) is 0.452. The molecule has 1 aromatic heterocycles. The van der Waals surface area contributed by atoms with Crippen LogP contribution in [0.1, 0.15) is 17.0 Å². The summed E-state index contributed by atoms with van der Waals surface area (Å²) in [6, 6.07) is 19.0. The number of rotatable bonds is 3. The average molecular weight is 391 g/mol. The Morgan fingerprint density at radius 1 is 1.00 bits per heavy atom. The highest BCUT2D eigenvalue weighted by atomic mass is 35.5. The summed E-state index contributed by atoms with van der Waals surface area (Å²) in [7, 11) is 0. The monoisotopic (exact) mass is 390 g/mol. The van der Waals surface area contributed by atoms with E-state index in [-0.39, 0.29) is 11.4 Å². The molecule has 28 heavy (non-hydrogen) atoms. The minimum Gasteiger partial charge on any atom is -0.268 e. The van der Waals surface area contributed by atoms with Crippen LogP contribution in [0.5, 0.6) is 0 Å². The van der Waals surface area contributed by atoms with E-state index in [1.54, 1.807) is 60.7 Å². The van der Waals surface area contributed by atoms with Crippen LogP contribution in [0.3, 0.4) is 0 Å². The van der Waals surface area contributed by atoms with E-state index in [9.17, 15) is 9.18 Å². The maximum absolute atomic E-state index is 14.0. The molecule has 1 heterocycles. The fraction of sp³-hybridized carbons (Fsp3) is 0.0435. The third-order valence-corrected chi connectivity index (χ3v) is 4.77. The molecule has 0 spiro atoms. The molecule has 0 saturated heterocycles. The van der Waals surface area contributed by atoms with Gasteiger partial charge in [-0.05, 0) is 55.0 Å².